The Balaban J connectivity index is 1.90. The number of aromatic nitrogens is 2. The molecule has 1 aliphatic rings. The molecule has 0 spiro atoms. The van der Waals surface area contributed by atoms with Crippen LogP contribution in [0.5, 0.6) is 0 Å². The van der Waals surface area contributed by atoms with Gasteiger partial charge in [0.2, 0.25) is 0 Å². The first-order valence-electron chi connectivity index (χ1n) is 7.12. The lowest BCUT2D eigenvalue weighted by molar-refractivity contribution is 0.0777. The number of H-pyrrole nitrogens is 1. The highest BCUT2D eigenvalue weighted by molar-refractivity contribution is 5.99. The number of benzene rings is 1. The topological polar surface area (TPSA) is 62.1 Å². The molecule has 1 atom stereocenters. The van der Waals surface area contributed by atoms with E-state index in [0.717, 1.165) is 22.6 Å². The first-order chi connectivity index (χ1) is 10.7. The number of nitrogens with one attached hydrogen (secondary N) is 1. The van der Waals surface area contributed by atoms with Crippen molar-refractivity contribution in [2.45, 2.75) is 13.0 Å². The highest BCUT2D eigenvalue weighted by Gasteiger charge is 2.41. The molecular formula is C17H15N3O2. The van der Waals surface area contributed by atoms with Crippen molar-refractivity contribution < 1.29 is 9.21 Å². The van der Waals surface area contributed by atoms with Crippen LogP contribution in [0.25, 0.3) is 11.3 Å². The third kappa shape index (κ3) is 1.72. The summed E-state index contributed by atoms with van der Waals surface area (Å²) in [5, 5.41) is 7.26. The number of aromatic amines is 1. The molecule has 2 aromatic heterocycles. The molecule has 3 aromatic rings. The lowest BCUT2D eigenvalue weighted by atomic mass is 10.00. The molecule has 1 aliphatic heterocycles. The summed E-state index contributed by atoms with van der Waals surface area (Å²) < 4.78 is 5.54. The Kier molecular flexibility index (Phi) is 2.69. The first kappa shape index (κ1) is 12.9. The van der Waals surface area contributed by atoms with Crippen molar-refractivity contribution >= 4 is 5.91 Å². The monoisotopic (exact) mass is 293 g/mol. The first-order valence-corrected chi connectivity index (χ1v) is 7.12. The molecule has 110 valence electrons. The number of amides is 1. The van der Waals surface area contributed by atoms with Crippen LogP contribution in [-0.4, -0.2) is 28.1 Å². The van der Waals surface area contributed by atoms with E-state index in [9.17, 15) is 4.79 Å². The van der Waals surface area contributed by atoms with Crippen molar-refractivity contribution in [3.63, 3.8) is 0 Å². The Hall–Kier alpha value is -2.82. The lowest BCUT2D eigenvalue weighted by Gasteiger charge is -2.19. The molecule has 1 amide bonds. The molecule has 0 bridgehead atoms. The summed E-state index contributed by atoms with van der Waals surface area (Å²) in [6.45, 7) is 2.04. The maximum Gasteiger partial charge on any atom is 0.272 e. The van der Waals surface area contributed by atoms with Gasteiger partial charge in [-0.2, -0.15) is 5.10 Å². The van der Waals surface area contributed by atoms with Gasteiger partial charge in [0.05, 0.1) is 12.0 Å². The predicted octanol–water partition coefficient (Wildman–Crippen LogP) is 3.15. The van der Waals surface area contributed by atoms with Crippen LogP contribution in [0.2, 0.25) is 0 Å². The highest BCUT2D eigenvalue weighted by Crippen LogP contribution is 2.41. The van der Waals surface area contributed by atoms with Gasteiger partial charge in [-0.1, -0.05) is 29.8 Å². The Morgan fingerprint density at radius 1 is 1.23 bits per heavy atom. The van der Waals surface area contributed by atoms with Gasteiger partial charge in [-0.05, 0) is 19.1 Å². The van der Waals surface area contributed by atoms with E-state index in [0.29, 0.717) is 5.69 Å². The fraction of sp³-hybridized carbons (Fsp3) is 0.176. The van der Waals surface area contributed by atoms with Gasteiger partial charge in [-0.25, -0.2) is 0 Å². The van der Waals surface area contributed by atoms with E-state index in [-0.39, 0.29) is 11.9 Å². The zero-order valence-corrected chi connectivity index (χ0v) is 12.3. The third-order valence-electron chi connectivity index (χ3n) is 4.14. The van der Waals surface area contributed by atoms with E-state index in [2.05, 4.69) is 10.2 Å². The van der Waals surface area contributed by atoms with E-state index in [4.69, 9.17) is 4.42 Å². The smallest absolute Gasteiger partial charge is 0.272 e. The van der Waals surface area contributed by atoms with Crippen molar-refractivity contribution in [3.8, 4) is 11.3 Å². The summed E-state index contributed by atoms with van der Waals surface area (Å²) in [7, 11) is 1.78. The van der Waals surface area contributed by atoms with Gasteiger partial charge in [0.15, 0.2) is 0 Å². The van der Waals surface area contributed by atoms with Crippen LogP contribution >= 0.6 is 0 Å². The number of fused-ring (bicyclic) bond motifs is 1. The zero-order chi connectivity index (χ0) is 15.3. The van der Waals surface area contributed by atoms with Crippen molar-refractivity contribution in [2.75, 3.05) is 7.05 Å². The molecule has 5 heteroatoms. The maximum absolute atomic E-state index is 12.4. The van der Waals surface area contributed by atoms with Crippen LogP contribution in [0.1, 0.15) is 33.4 Å². The van der Waals surface area contributed by atoms with E-state index >= 15 is 0 Å². The summed E-state index contributed by atoms with van der Waals surface area (Å²) >= 11 is 0. The van der Waals surface area contributed by atoms with Crippen molar-refractivity contribution in [3.05, 3.63) is 65.2 Å². The Labute approximate surface area is 127 Å². The van der Waals surface area contributed by atoms with Crippen LogP contribution in [-0.2, 0) is 0 Å². The van der Waals surface area contributed by atoms with Gasteiger partial charge in [0, 0.05) is 18.2 Å². The number of carbonyl (C=O) groups is 1. The fourth-order valence-electron chi connectivity index (χ4n) is 2.98. The average molecular weight is 293 g/mol. The second kappa shape index (κ2) is 4.59. The van der Waals surface area contributed by atoms with Crippen LogP contribution < -0.4 is 0 Å². The summed E-state index contributed by atoms with van der Waals surface area (Å²) in [4.78, 5) is 14.1. The molecule has 0 saturated carbocycles. The quantitative estimate of drug-likeness (QED) is 0.789. The zero-order valence-electron chi connectivity index (χ0n) is 12.3. The molecular weight excluding hydrogens is 278 g/mol. The number of hydrogen-bond donors (Lipinski definition) is 1. The van der Waals surface area contributed by atoms with Gasteiger partial charge in [0.25, 0.3) is 5.91 Å². The van der Waals surface area contributed by atoms with Crippen molar-refractivity contribution in [2.24, 2.45) is 0 Å². The summed E-state index contributed by atoms with van der Waals surface area (Å²) in [5.74, 6) is 0.673. The average Bonchev–Trinajstić information content (AvgIpc) is 3.21. The van der Waals surface area contributed by atoms with E-state index in [1.807, 2.05) is 43.3 Å². The molecule has 3 heterocycles. The van der Waals surface area contributed by atoms with Gasteiger partial charge >= 0.3 is 0 Å². The molecule has 0 saturated heterocycles. The van der Waals surface area contributed by atoms with Gasteiger partial charge in [0.1, 0.15) is 17.5 Å². The molecule has 22 heavy (non-hydrogen) atoms. The molecule has 5 nitrogen and oxygen atoms in total. The molecule has 1 aromatic carbocycles. The minimum Gasteiger partial charge on any atom is -0.467 e. The van der Waals surface area contributed by atoms with Crippen LogP contribution in [0.4, 0.5) is 0 Å². The van der Waals surface area contributed by atoms with Crippen molar-refractivity contribution in [1.29, 1.82) is 0 Å². The van der Waals surface area contributed by atoms with Gasteiger partial charge < -0.3 is 9.32 Å². The Bertz CT molecular complexity index is 831. The largest absolute Gasteiger partial charge is 0.467 e. The van der Waals surface area contributed by atoms with E-state index in [1.54, 1.807) is 18.2 Å². The number of furan rings is 1. The molecule has 0 aliphatic carbocycles. The minimum absolute atomic E-state index is 0.0674. The summed E-state index contributed by atoms with van der Waals surface area (Å²) in [6.07, 6.45) is 1.62. The predicted molar refractivity (Wildman–Crippen MR) is 81.4 cm³/mol. The molecule has 0 fully saturated rings. The number of hydrogen-bond acceptors (Lipinski definition) is 3. The highest BCUT2D eigenvalue weighted by atomic mass is 16.3. The Morgan fingerprint density at radius 2 is 2.00 bits per heavy atom. The molecule has 0 radical (unpaired) electrons. The fourth-order valence-corrected chi connectivity index (χ4v) is 2.98. The van der Waals surface area contributed by atoms with Crippen LogP contribution in [0, 0.1) is 6.92 Å². The van der Waals surface area contributed by atoms with Crippen LogP contribution in [0.15, 0.2) is 47.1 Å². The SMILES string of the molecule is Cc1ccc(-c2n[nH]c3c2[C@@H](c2ccco2)N(C)C3=O)cc1. The lowest BCUT2D eigenvalue weighted by Crippen LogP contribution is -2.24. The minimum atomic E-state index is -0.243. The van der Waals surface area contributed by atoms with Gasteiger partial charge in [-0.15, -0.1) is 0 Å². The van der Waals surface area contributed by atoms with Gasteiger partial charge in [-0.3, -0.25) is 9.89 Å². The van der Waals surface area contributed by atoms with E-state index < -0.39 is 0 Å². The van der Waals surface area contributed by atoms with Crippen molar-refractivity contribution in [1.82, 2.24) is 15.1 Å². The molecule has 0 unspecified atom stereocenters. The second-order valence-corrected chi connectivity index (χ2v) is 5.56. The molecule has 4 rings (SSSR count). The summed E-state index contributed by atoms with van der Waals surface area (Å²) in [6, 6.07) is 11.6. The number of rotatable bonds is 2. The normalized spacial score (nSPS) is 17.1. The second-order valence-electron chi connectivity index (χ2n) is 5.56. The maximum atomic E-state index is 12.4. The number of aryl methyl sites for hydroxylation is 1. The standard InChI is InChI=1S/C17H15N3O2/c1-10-5-7-11(8-6-10)14-13-15(19-18-14)17(21)20(2)16(13)12-4-3-9-22-12/h3-9,16H,1-2H3,(H,18,19)/t16-/m1/s1. The third-order valence-corrected chi connectivity index (χ3v) is 4.14. The number of nitrogens with zero attached hydrogens (tertiary/aromatic N) is 2. The van der Waals surface area contributed by atoms with E-state index in [1.165, 1.54) is 5.56 Å². The molecule has 1 N–H and O–H groups in total. The Morgan fingerprint density at radius 3 is 2.68 bits per heavy atom. The number of carbonyl (C=O) groups excluding carboxylic acids is 1. The summed E-state index contributed by atoms with van der Waals surface area (Å²) in [5.41, 5.74) is 4.40. The van der Waals surface area contributed by atoms with Crippen LogP contribution in [0.3, 0.4) is 0 Å².